The second kappa shape index (κ2) is 4.36. The molecule has 0 atom stereocenters. The second-order valence-corrected chi connectivity index (χ2v) is 3.87. The van der Waals surface area contributed by atoms with Crippen molar-refractivity contribution >= 4 is 17.3 Å². The Bertz CT molecular complexity index is 451. The van der Waals surface area contributed by atoms with Gasteiger partial charge in [-0.25, -0.2) is 0 Å². The Labute approximate surface area is 93.3 Å². The average Bonchev–Trinajstić information content (AvgIpc) is 2.61. The van der Waals surface area contributed by atoms with Crippen molar-refractivity contribution in [2.24, 2.45) is 0 Å². The van der Waals surface area contributed by atoms with Crippen LogP contribution in [0.25, 0.3) is 0 Å². The van der Waals surface area contributed by atoms with Gasteiger partial charge in [0.1, 0.15) is 0 Å². The maximum atomic E-state index is 5.89. The van der Waals surface area contributed by atoms with Crippen molar-refractivity contribution in [1.82, 2.24) is 10.2 Å². The van der Waals surface area contributed by atoms with Crippen molar-refractivity contribution in [2.45, 2.75) is 12.8 Å². The summed E-state index contributed by atoms with van der Waals surface area (Å²) in [6, 6.07) is 7.84. The zero-order valence-electron chi connectivity index (χ0n) is 8.20. The molecule has 0 unspecified atom stereocenters. The number of nitrogens with one attached hydrogen (secondary N) is 1. The van der Waals surface area contributed by atoms with Gasteiger partial charge in [-0.3, -0.25) is 5.10 Å². The Hall–Kier alpha value is -1.48. The fourth-order valence-corrected chi connectivity index (χ4v) is 1.70. The van der Waals surface area contributed by atoms with Gasteiger partial charge in [0.15, 0.2) is 0 Å². The minimum Gasteiger partial charge on any atom is -0.396 e. The van der Waals surface area contributed by atoms with Gasteiger partial charge >= 0.3 is 0 Å². The smallest absolute Gasteiger partial charge is 0.0730 e. The van der Waals surface area contributed by atoms with E-state index in [1.54, 1.807) is 6.20 Å². The van der Waals surface area contributed by atoms with Gasteiger partial charge in [0, 0.05) is 5.02 Å². The number of aromatic nitrogens is 2. The maximum Gasteiger partial charge on any atom is 0.0730 e. The van der Waals surface area contributed by atoms with E-state index in [0.717, 1.165) is 29.2 Å². The summed E-state index contributed by atoms with van der Waals surface area (Å²) in [4.78, 5) is 0. The molecule has 15 heavy (non-hydrogen) atoms. The molecule has 0 bridgehead atoms. The highest BCUT2D eigenvalue weighted by Gasteiger charge is 2.01. The number of halogens is 1. The third-order valence-electron chi connectivity index (χ3n) is 2.30. The molecule has 0 fully saturated rings. The first kappa shape index (κ1) is 10.1. The van der Waals surface area contributed by atoms with E-state index in [2.05, 4.69) is 16.3 Å². The lowest BCUT2D eigenvalue weighted by atomic mass is 10.1. The maximum absolute atomic E-state index is 5.89. The van der Waals surface area contributed by atoms with Crippen molar-refractivity contribution in [3.8, 4) is 0 Å². The summed E-state index contributed by atoms with van der Waals surface area (Å²) in [5.41, 5.74) is 8.62. The molecule has 0 aliphatic rings. The monoisotopic (exact) mass is 221 g/mol. The lowest BCUT2D eigenvalue weighted by Crippen LogP contribution is -1.95. The Balaban J connectivity index is 2.02. The van der Waals surface area contributed by atoms with E-state index in [1.165, 1.54) is 5.56 Å². The molecule has 3 N–H and O–H groups in total. The Morgan fingerprint density at radius 2 is 2.20 bits per heavy atom. The van der Waals surface area contributed by atoms with Gasteiger partial charge in [-0.05, 0) is 30.5 Å². The van der Waals surface area contributed by atoms with Crippen molar-refractivity contribution in [2.75, 3.05) is 5.73 Å². The van der Waals surface area contributed by atoms with E-state index in [0.29, 0.717) is 0 Å². The normalized spacial score (nSPS) is 10.5. The third kappa shape index (κ3) is 2.50. The molecule has 3 nitrogen and oxygen atoms in total. The first-order valence-corrected chi connectivity index (χ1v) is 5.15. The average molecular weight is 222 g/mol. The molecular formula is C11H12ClN3. The molecule has 4 heteroatoms. The van der Waals surface area contributed by atoms with Gasteiger partial charge in [0.2, 0.25) is 0 Å². The highest BCUT2D eigenvalue weighted by atomic mass is 35.5. The molecule has 0 spiro atoms. The van der Waals surface area contributed by atoms with Gasteiger partial charge in [0.25, 0.3) is 0 Å². The number of rotatable bonds is 3. The number of benzene rings is 1. The molecule has 1 aromatic carbocycles. The standard InChI is InChI=1S/C11H12ClN3/c12-9-3-1-2-8(6-9)4-5-11-10(13)7-14-15-11/h1-3,6-7H,4-5,13H2,(H,14,15). The number of aromatic amines is 1. The summed E-state index contributed by atoms with van der Waals surface area (Å²) in [5, 5.41) is 7.53. The third-order valence-corrected chi connectivity index (χ3v) is 2.54. The highest BCUT2D eigenvalue weighted by Crippen LogP contribution is 2.14. The van der Waals surface area contributed by atoms with E-state index in [9.17, 15) is 0 Å². The number of anilines is 1. The van der Waals surface area contributed by atoms with Crippen LogP contribution in [0, 0.1) is 0 Å². The lowest BCUT2D eigenvalue weighted by Gasteiger charge is -2.01. The van der Waals surface area contributed by atoms with Gasteiger partial charge in [-0.1, -0.05) is 23.7 Å². The number of nitrogens with zero attached hydrogens (tertiary/aromatic N) is 1. The number of hydrogen-bond acceptors (Lipinski definition) is 2. The number of H-pyrrole nitrogens is 1. The molecule has 0 amide bonds. The molecule has 1 aromatic heterocycles. The Kier molecular flexibility index (Phi) is 2.92. The molecule has 2 aromatic rings. The van der Waals surface area contributed by atoms with Gasteiger partial charge in [0.05, 0.1) is 17.6 Å². The van der Waals surface area contributed by atoms with Crippen LogP contribution in [0.3, 0.4) is 0 Å². The van der Waals surface area contributed by atoms with Crippen molar-refractivity contribution in [1.29, 1.82) is 0 Å². The summed E-state index contributed by atoms with van der Waals surface area (Å²) >= 11 is 5.89. The van der Waals surface area contributed by atoms with Crippen LogP contribution in [-0.4, -0.2) is 10.2 Å². The fourth-order valence-electron chi connectivity index (χ4n) is 1.48. The molecule has 78 valence electrons. The quantitative estimate of drug-likeness (QED) is 0.837. The van der Waals surface area contributed by atoms with Crippen LogP contribution in [-0.2, 0) is 12.8 Å². The molecule has 0 saturated heterocycles. The van der Waals surface area contributed by atoms with Crippen molar-refractivity contribution < 1.29 is 0 Å². The molecule has 0 aliphatic carbocycles. The first-order chi connectivity index (χ1) is 7.25. The first-order valence-electron chi connectivity index (χ1n) is 4.78. The van der Waals surface area contributed by atoms with Crippen LogP contribution in [0.5, 0.6) is 0 Å². The van der Waals surface area contributed by atoms with Gasteiger partial charge < -0.3 is 5.73 Å². The van der Waals surface area contributed by atoms with Crippen molar-refractivity contribution in [3.63, 3.8) is 0 Å². The zero-order valence-corrected chi connectivity index (χ0v) is 8.96. The van der Waals surface area contributed by atoms with Gasteiger partial charge in [-0.2, -0.15) is 5.10 Å². The number of nitrogen functional groups attached to an aromatic ring is 1. The Morgan fingerprint density at radius 3 is 2.87 bits per heavy atom. The minimum atomic E-state index is 0.719. The lowest BCUT2D eigenvalue weighted by molar-refractivity contribution is 0.894. The van der Waals surface area contributed by atoms with Gasteiger partial charge in [-0.15, -0.1) is 0 Å². The summed E-state index contributed by atoms with van der Waals surface area (Å²) in [5.74, 6) is 0. The number of nitrogens with two attached hydrogens (primary N) is 1. The largest absolute Gasteiger partial charge is 0.396 e. The van der Waals surface area contributed by atoms with E-state index in [4.69, 9.17) is 17.3 Å². The Morgan fingerprint density at radius 1 is 1.33 bits per heavy atom. The van der Waals surface area contributed by atoms with E-state index < -0.39 is 0 Å². The predicted octanol–water partition coefficient (Wildman–Crippen LogP) is 2.43. The molecule has 0 radical (unpaired) electrons. The highest BCUT2D eigenvalue weighted by molar-refractivity contribution is 6.30. The predicted molar refractivity (Wildman–Crippen MR) is 61.9 cm³/mol. The molecule has 0 aliphatic heterocycles. The summed E-state index contributed by atoms with van der Waals surface area (Å²) < 4.78 is 0. The summed E-state index contributed by atoms with van der Waals surface area (Å²) in [6.07, 6.45) is 3.40. The second-order valence-electron chi connectivity index (χ2n) is 3.43. The molecule has 2 rings (SSSR count). The van der Waals surface area contributed by atoms with E-state index in [1.807, 2.05) is 18.2 Å². The van der Waals surface area contributed by atoms with Crippen LogP contribution in [0.1, 0.15) is 11.3 Å². The van der Waals surface area contributed by atoms with Crippen LogP contribution in [0.4, 0.5) is 5.69 Å². The number of aryl methyl sites for hydroxylation is 2. The van der Waals surface area contributed by atoms with E-state index >= 15 is 0 Å². The van der Waals surface area contributed by atoms with Crippen LogP contribution < -0.4 is 5.73 Å². The van der Waals surface area contributed by atoms with Crippen LogP contribution in [0.15, 0.2) is 30.5 Å². The topological polar surface area (TPSA) is 54.7 Å². The zero-order chi connectivity index (χ0) is 10.7. The summed E-state index contributed by atoms with van der Waals surface area (Å²) in [6.45, 7) is 0. The molecular weight excluding hydrogens is 210 g/mol. The van der Waals surface area contributed by atoms with E-state index in [-0.39, 0.29) is 0 Å². The molecule has 1 heterocycles. The molecule has 0 saturated carbocycles. The summed E-state index contributed by atoms with van der Waals surface area (Å²) in [7, 11) is 0. The minimum absolute atomic E-state index is 0.719. The SMILES string of the molecule is Nc1cn[nH]c1CCc1cccc(Cl)c1. The van der Waals surface area contributed by atoms with Crippen LogP contribution in [0.2, 0.25) is 5.02 Å². The fraction of sp³-hybridized carbons (Fsp3) is 0.182. The van der Waals surface area contributed by atoms with Crippen LogP contribution >= 0.6 is 11.6 Å². The number of hydrogen-bond donors (Lipinski definition) is 2. The van der Waals surface area contributed by atoms with Crippen molar-refractivity contribution in [3.05, 3.63) is 46.7 Å².